The minimum atomic E-state index is -3.45. The van der Waals surface area contributed by atoms with Gasteiger partial charge in [-0.05, 0) is 63.0 Å². The number of anilines is 1. The van der Waals surface area contributed by atoms with Crippen molar-refractivity contribution in [3.8, 4) is 0 Å². The minimum absolute atomic E-state index is 0.208. The molecule has 25 heavy (non-hydrogen) atoms. The van der Waals surface area contributed by atoms with E-state index in [0.717, 1.165) is 38.2 Å². The Morgan fingerprint density at radius 3 is 2.64 bits per heavy atom. The normalized spacial score (nSPS) is 16.6. The molecule has 0 atom stereocenters. The van der Waals surface area contributed by atoms with E-state index in [1.807, 2.05) is 0 Å². The number of nitrogens with one attached hydrogen (secondary N) is 2. The van der Waals surface area contributed by atoms with Gasteiger partial charge in [0.15, 0.2) is 0 Å². The van der Waals surface area contributed by atoms with Crippen molar-refractivity contribution in [2.24, 2.45) is 5.92 Å². The van der Waals surface area contributed by atoms with Crippen molar-refractivity contribution in [1.29, 1.82) is 0 Å². The van der Waals surface area contributed by atoms with Crippen LogP contribution < -0.4 is 10.0 Å². The van der Waals surface area contributed by atoms with E-state index < -0.39 is 10.0 Å². The molecule has 6 nitrogen and oxygen atoms in total. The van der Waals surface area contributed by atoms with Gasteiger partial charge in [0, 0.05) is 12.1 Å². The van der Waals surface area contributed by atoms with E-state index in [2.05, 4.69) is 21.9 Å². The predicted molar refractivity (Wildman–Crippen MR) is 102 cm³/mol. The van der Waals surface area contributed by atoms with Crippen LogP contribution in [0.25, 0.3) is 0 Å². The fourth-order valence-electron chi connectivity index (χ4n) is 2.84. The molecule has 1 saturated heterocycles. The Balaban J connectivity index is 1.81. The molecule has 1 aliphatic rings. The first kappa shape index (κ1) is 20.0. The molecule has 0 aliphatic carbocycles. The third kappa shape index (κ3) is 6.84. The van der Waals surface area contributed by atoms with Crippen LogP contribution in [0.3, 0.4) is 0 Å². The second kappa shape index (κ2) is 8.87. The van der Waals surface area contributed by atoms with Crippen molar-refractivity contribution in [3.05, 3.63) is 28.8 Å². The van der Waals surface area contributed by atoms with Crippen molar-refractivity contribution in [1.82, 2.24) is 10.2 Å². The average molecular weight is 388 g/mol. The van der Waals surface area contributed by atoms with Gasteiger partial charge in [-0.25, -0.2) is 8.42 Å². The summed E-state index contributed by atoms with van der Waals surface area (Å²) in [5.41, 5.74) is 0.585. The van der Waals surface area contributed by atoms with Gasteiger partial charge in [0.25, 0.3) is 5.91 Å². The van der Waals surface area contributed by atoms with Crippen molar-refractivity contribution >= 4 is 33.2 Å². The van der Waals surface area contributed by atoms with Crippen molar-refractivity contribution < 1.29 is 13.2 Å². The fraction of sp³-hybridized carbons (Fsp3) is 0.588. The number of carbonyl (C=O) groups is 1. The van der Waals surface area contributed by atoms with Crippen LogP contribution in [0, 0.1) is 5.92 Å². The zero-order chi connectivity index (χ0) is 18.4. The number of amides is 1. The molecule has 140 valence electrons. The number of piperidine rings is 1. The Labute approximate surface area is 155 Å². The summed E-state index contributed by atoms with van der Waals surface area (Å²) in [5, 5.41) is 3.12. The molecule has 1 aromatic carbocycles. The second-order valence-electron chi connectivity index (χ2n) is 6.70. The lowest BCUT2D eigenvalue weighted by Gasteiger charge is -2.30. The molecule has 1 amide bonds. The molecule has 0 radical (unpaired) electrons. The van der Waals surface area contributed by atoms with Gasteiger partial charge in [0.2, 0.25) is 10.0 Å². The summed E-state index contributed by atoms with van der Waals surface area (Å²) in [6.07, 6.45) is 4.42. The Hall–Kier alpha value is -1.31. The first-order valence-electron chi connectivity index (χ1n) is 8.52. The van der Waals surface area contributed by atoms with Crippen LogP contribution in [0.15, 0.2) is 18.2 Å². The van der Waals surface area contributed by atoms with Crippen LogP contribution >= 0.6 is 11.6 Å². The molecule has 0 unspecified atom stereocenters. The molecule has 8 heteroatoms. The molecule has 2 rings (SSSR count). The molecule has 0 bridgehead atoms. The summed E-state index contributed by atoms with van der Waals surface area (Å²) >= 11 is 5.97. The Morgan fingerprint density at radius 1 is 1.32 bits per heavy atom. The van der Waals surface area contributed by atoms with E-state index in [-0.39, 0.29) is 16.6 Å². The highest BCUT2D eigenvalue weighted by Gasteiger charge is 2.15. The number of carbonyl (C=O) groups excluding carboxylic acids is 1. The van der Waals surface area contributed by atoms with Gasteiger partial charge in [-0.1, -0.05) is 18.5 Å². The quantitative estimate of drug-likeness (QED) is 0.705. The van der Waals surface area contributed by atoms with E-state index in [1.54, 1.807) is 6.07 Å². The molecule has 1 heterocycles. The van der Waals surface area contributed by atoms with Gasteiger partial charge in [-0.15, -0.1) is 0 Å². The van der Waals surface area contributed by atoms with Crippen LogP contribution in [0.2, 0.25) is 5.02 Å². The molecular formula is C17H26ClN3O3S. The molecule has 0 aromatic heterocycles. The standard InChI is InChI=1S/C17H26ClN3O3S/c1-13-6-10-21(11-7-13)9-3-8-19-17(22)14-4-5-15(18)16(12-14)20-25(2,23)24/h4-5,12-13,20H,3,6-11H2,1-2H3,(H,19,22). The number of likely N-dealkylation sites (tertiary alicyclic amines) is 1. The first-order chi connectivity index (χ1) is 11.7. The molecule has 0 spiro atoms. The smallest absolute Gasteiger partial charge is 0.251 e. The summed E-state index contributed by atoms with van der Waals surface area (Å²) in [5.74, 6) is 0.580. The number of nitrogens with zero attached hydrogens (tertiary/aromatic N) is 1. The third-order valence-corrected chi connectivity index (χ3v) is 5.26. The molecular weight excluding hydrogens is 362 g/mol. The van der Waals surface area contributed by atoms with Gasteiger partial charge < -0.3 is 10.2 Å². The minimum Gasteiger partial charge on any atom is -0.352 e. The van der Waals surface area contributed by atoms with Crippen molar-refractivity contribution in [2.45, 2.75) is 26.2 Å². The lowest BCUT2D eigenvalue weighted by atomic mass is 9.99. The number of hydrogen-bond acceptors (Lipinski definition) is 4. The van der Waals surface area contributed by atoms with Crippen LogP contribution in [0.5, 0.6) is 0 Å². The van der Waals surface area contributed by atoms with Crippen LogP contribution in [-0.4, -0.2) is 51.7 Å². The average Bonchev–Trinajstić information content (AvgIpc) is 2.54. The number of halogens is 1. The van der Waals surface area contributed by atoms with Crippen molar-refractivity contribution in [3.63, 3.8) is 0 Å². The van der Waals surface area contributed by atoms with Gasteiger partial charge in [-0.2, -0.15) is 0 Å². The third-order valence-electron chi connectivity index (χ3n) is 4.34. The van der Waals surface area contributed by atoms with Gasteiger partial charge in [0.05, 0.1) is 17.0 Å². The summed E-state index contributed by atoms with van der Waals surface area (Å²) in [4.78, 5) is 14.7. The Kier molecular flexibility index (Phi) is 7.10. The topological polar surface area (TPSA) is 78.5 Å². The van der Waals surface area contributed by atoms with Gasteiger partial charge in [0.1, 0.15) is 0 Å². The van der Waals surface area contributed by atoms with E-state index >= 15 is 0 Å². The first-order valence-corrected chi connectivity index (χ1v) is 10.8. The van der Waals surface area contributed by atoms with Crippen LogP contribution in [0.4, 0.5) is 5.69 Å². The number of hydrogen-bond donors (Lipinski definition) is 2. The van der Waals surface area contributed by atoms with E-state index in [9.17, 15) is 13.2 Å². The fourth-order valence-corrected chi connectivity index (χ4v) is 3.63. The lowest BCUT2D eigenvalue weighted by Crippen LogP contribution is -2.35. The maximum absolute atomic E-state index is 12.2. The lowest BCUT2D eigenvalue weighted by molar-refractivity contribution is 0.0950. The van der Waals surface area contributed by atoms with Crippen LogP contribution in [0.1, 0.15) is 36.5 Å². The van der Waals surface area contributed by atoms with Gasteiger partial charge in [-0.3, -0.25) is 9.52 Å². The van der Waals surface area contributed by atoms with Crippen LogP contribution in [-0.2, 0) is 10.0 Å². The SMILES string of the molecule is CC1CCN(CCCNC(=O)c2ccc(Cl)c(NS(C)(=O)=O)c2)CC1. The van der Waals surface area contributed by atoms with E-state index in [1.165, 1.54) is 25.0 Å². The second-order valence-corrected chi connectivity index (χ2v) is 8.86. The molecule has 1 aliphatic heterocycles. The van der Waals surface area contributed by atoms with E-state index in [0.29, 0.717) is 12.1 Å². The summed E-state index contributed by atoms with van der Waals surface area (Å²) in [7, 11) is -3.45. The van der Waals surface area contributed by atoms with Crippen molar-refractivity contribution in [2.75, 3.05) is 37.2 Å². The maximum Gasteiger partial charge on any atom is 0.251 e. The predicted octanol–water partition coefficient (Wildman–Crippen LogP) is 2.56. The zero-order valence-corrected chi connectivity index (χ0v) is 16.3. The summed E-state index contributed by atoms with van der Waals surface area (Å²) in [6.45, 7) is 6.12. The molecule has 1 aromatic rings. The Bertz CT molecular complexity index is 701. The van der Waals surface area contributed by atoms with E-state index in [4.69, 9.17) is 11.6 Å². The molecule has 0 saturated carbocycles. The van der Waals surface area contributed by atoms with Gasteiger partial charge >= 0.3 is 0 Å². The summed E-state index contributed by atoms with van der Waals surface area (Å²) in [6, 6.07) is 4.54. The number of sulfonamides is 1. The Morgan fingerprint density at radius 2 is 2.00 bits per heavy atom. The molecule has 1 fully saturated rings. The highest BCUT2D eigenvalue weighted by Crippen LogP contribution is 2.24. The highest BCUT2D eigenvalue weighted by atomic mass is 35.5. The highest BCUT2D eigenvalue weighted by molar-refractivity contribution is 7.92. The zero-order valence-electron chi connectivity index (χ0n) is 14.7. The molecule has 2 N–H and O–H groups in total. The summed E-state index contributed by atoms with van der Waals surface area (Å²) < 4.78 is 25.0. The number of benzene rings is 1. The number of rotatable bonds is 7. The monoisotopic (exact) mass is 387 g/mol. The maximum atomic E-state index is 12.2. The largest absolute Gasteiger partial charge is 0.352 e.